The first-order valence-electron chi connectivity index (χ1n) is 7.54. The zero-order valence-corrected chi connectivity index (χ0v) is 13.4. The minimum atomic E-state index is -0.943. The van der Waals surface area contributed by atoms with E-state index in [0.717, 1.165) is 22.5 Å². The summed E-state index contributed by atoms with van der Waals surface area (Å²) in [6.07, 6.45) is 0. The number of rotatable bonds is 4. The Balaban J connectivity index is 1.90. The number of aromatic nitrogens is 2. The monoisotopic (exact) mass is 319 g/mol. The molecule has 0 saturated heterocycles. The molecule has 0 saturated carbocycles. The van der Waals surface area contributed by atoms with Crippen molar-refractivity contribution in [3.05, 3.63) is 71.4 Å². The number of carbonyl (C=O) groups is 1. The van der Waals surface area contributed by atoms with Crippen molar-refractivity contribution < 1.29 is 9.90 Å². The number of nitrogens with one attached hydrogen (secondary N) is 1. The highest BCUT2D eigenvalue weighted by Crippen LogP contribution is 2.21. The minimum absolute atomic E-state index is 0.250. The number of carboxylic acid groups (broad SMARTS) is 1. The van der Waals surface area contributed by atoms with Crippen molar-refractivity contribution in [2.45, 2.75) is 13.8 Å². The SMILES string of the molecule is Cc1cccc(-c2nc(C)cc(Nc3ccc(C(=O)O)cc3)n2)c1. The Labute approximate surface area is 140 Å². The molecule has 0 aliphatic heterocycles. The van der Waals surface area contributed by atoms with Gasteiger partial charge in [0, 0.05) is 23.0 Å². The van der Waals surface area contributed by atoms with Crippen molar-refractivity contribution in [3.8, 4) is 11.4 Å². The lowest BCUT2D eigenvalue weighted by molar-refractivity contribution is 0.0697. The number of carboxylic acids is 1. The zero-order valence-electron chi connectivity index (χ0n) is 13.4. The van der Waals surface area contributed by atoms with Gasteiger partial charge in [-0.15, -0.1) is 0 Å². The summed E-state index contributed by atoms with van der Waals surface area (Å²) in [6, 6.07) is 16.4. The van der Waals surface area contributed by atoms with Gasteiger partial charge < -0.3 is 10.4 Å². The highest BCUT2D eigenvalue weighted by molar-refractivity contribution is 5.88. The minimum Gasteiger partial charge on any atom is -0.478 e. The van der Waals surface area contributed by atoms with Crippen molar-refractivity contribution in [2.75, 3.05) is 5.32 Å². The molecule has 0 atom stereocenters. The summed E-state index contributed by atoms with van der Waals surface area (Å²) in [5, 5.41) is 12.1. The van der Waals surface area contributed by atoms with Gasteiger partial charge in [-0.25, -0.2) is 14.8 Å². The van der Waals surface area contributed by atoms with E-state index in [1.807, 2.05) is 44.2 Å². The van der Waals surface area contributed by atoms with Gasteiger partial charge in [0.15, 0.2) is 5.82 Å². The van der Waals surface area contributed by atoms with E-state index in [1.54, 1.807) is 24.3 Å². The molecule has 3 aromatic rings. The maximum absolute atomic E-state index is 10.9. The number of nitrogens with zero attached hydrogens (tertiary/aromatic N) is 2. The maximum Gasteiger partial charge on any atom is 0.335 e. The molecule has 2 N–H and O–H groups in total. The van der Waals surface area contributed by atoms with Crippen molar-refractivity contribution in [3.63, 3.8) is 0 Å². The van der Waals surface area contributed by atoms with Gasteiger partial charge >= 0.3 is 5.97 Å². The van der Waals surface area contributed by atoms with Crippen LogP contribution in [-0.2, 0) is 0 Å². The summed E-state index contributed by atoms with van der Waals surface area (Å²) in [6.45, 7) is 3.95. The van der Waals surface area contributed by atoms with Crippen molar-refractivity contribution >= 4 is 17.5 Å². The van der Waals surface area contributed by atoms with Gasteiger partial charge in [0.2, 0.25) is 0 Å². The first-order chi connectivity index (χ1) is 11.5. The van der Waals surface area contributed by atoms with Gasteiger partial charge in [0.1, 0.15) is 5.82 Å². The average Bonchev–Trinajstić information content (AvgIpc) is 2.55. The molecule has 0 amide bonds. The summed E-state index contributed by atoms with van der Waals surface area (Å²) >= 11 is 0. The van der Waals surface area contributed by atoms with Crippen LogP contribution < -0.4 is 5.32 Å². The fraction of sp³-hybridized carbons (Fsp3) is 0.105. The van der Waals surface area contributed by atoms with Crippen molar-refractivity contribution in [2.24, 2.45) is 0 Å². The highest BCUT2D eigenvalue weighted by atomic mass is 16.4. The van der Waals surface area contributed by atoms with Crippen LogP contribution in [0.15, 0.2) is 54.6 Å². The van der Waals surface area contributed by atoms with Gasteiger partial charge in [-0.3, -0.25) is 0 Å². The summed E-state index contributed by atoms with van der Waals surface area (Å²) in [4.78, 5) is 20.0. The predicted molar refractivity (Wildman–Crippen MR) is 93.6 cm³/mol. The molecule has 0 spiro atoms. The Bertz CT molecular complexity index is 889. The third-order valence-corrected chi connectivity index (χ3v) is 3.53. The molecular formula is C19H17N3O2. The van der Waals surface area contributed by atoms with Crippen LogP contribution in [0.25, 0.3) is 11.4 Å². The quantitative estimate of drug-likeness (QED) is 0.753. The molecule has 0 aliphatic carbocycles. The molecule has 0 aliphatic rings. The summed E-state index contributed by atoms with van der Waals surface area (Å²) in [7, 11) is 0. The second-order valence-electron chi connectivity index (χ2n) is 5.60. The van der Waals surface area contributed by atoms with Gasteiger partial charge in [0.05, 0.1) is 5.56 Å². The molecule has 2 aromatic carbocycles. The van der Waals surface area contributed by atoms with E-state index in [0.29, 0.717) is 11.6 Å². The molecule has 0 bridgehead atoms. The lowest BCUT2D eigenvalue weighted by atomic mass is 10.1. The third-order valence-electron chi connectivity index (χ3n) is 3.53. The molecule has 0 fully saturated rings. The maximum atomic E-state index is 10.9. The Morgan fingerprint density at radius 3 is 2.42 bits per heavy atom. The smallest absolute Gasteiger partial charge is 0.335 e. The standard InChI is InChI=1S/C19H17N3O2/c1-12-4-3-5-15(10-12)18-20-13(2)11-17(22-18)21-16-8-6-14(7-9-16)19(23)24/h3-11H,1-2H3,(H,23,24)(H,20,21,22). The lowest BCUT2D eigenvalue weighted by Gasteiger charge is -2.09. The molecule has 24 heavy (non-hydrogen) atoms. The number of aryl methyl sites for hydroxylation is 2. The van der Waals surface area contributed by atoms with Crippen LogP contribution in [0.5, 0.6) is 0 Å². The normalized spacial score (nSPS) is 10.4. The molecular weight excluding hydrogens is 302 g/mol. The van der Waals surface area contributed by atoms with Crippen molar-refractivity contribution in [1.82, 2.24) is 9.97 Å². The number of benzene rings is 2. The number of anilines is 2. The van der Waals surface area contributed by atoms with Gasteiger partial charge in [-0.05, 0) is 44.2 Å². The second kappa shape index (κ2) is 6.50. The highest BCUT2D eigenvalue weighted by Gasteiger charge is 2.07. The lowest BCUT2D eigenvalue weighted by Crippen LogP contribution is -2.00. The Kier molecular flexibility index (Phi) is 4.24. The van der Waals surface area contributed by atoms with Gasteiger partial charge in [-0.2, -0.15) is 0 Å². The Morgan fingerprint density at radius 1 is 1.00 bits per heavy atom. The third kappa shape index (κ3) is 3.57. The largest absolute Gasteiger partial charge is 0.478 e. The van der Waals surface area contributed by atoms with Crippen LogP contribution in [0.1, 0.15) is 21.6 Å². The van der Waals surface area contributed by atoms with Crippen molar-refractivity contribution in [1.29, 1.82) is 0 Å². The summed E-state index contributed by atoms with van der Waals surface area (Å²) in [5.41, 5.74) is 3.98. The fourth-order valence-corrected chi connectivity index (χ4v) is 2.39. The van der Waals surface area contributed by atoms with Gasteiger partial charge in [0.25, 0.3) is 0 Å². The van der Waals surface area contributed by atoms with Crippen LogP contribution in [0, 0.1) is 13.8 Å². The summed E-state index contributed by atoms with van der Waals surface area (Å²) in [5.74, 6) is 0.381. The first-order valence-corrected chi connectivity index (χ1v) is 7.54. The molecule has 0 unspecified atom stereocenters. The van der Waals surface area contributed by atoms with Crippen LogP contribution >= 0.6 is 0 Å². The Hall–Kier alpha value is -3.21. The second-order valence-corrected chi connectivity index (χ2v) is 5.60. The van der Waals surface area contributed by atoms with E-state index in [1.165, 1.54) is 0 Å². The molecule has 1 heterocycles. The van der Waals surface area contributed by atoms with E-state index in [2.05, 4.69) is 15.3 Å². The number of hydrogen-bond donors (Lipinski definition) is 2. The van der Waals surface area contributed by atoms with Gasteiger partial charge in [-0.1, -0.05) is 23.8 Å². The fourth-order valence-electron chi connectivity index (χ4n) is 2.39. The van der Waals surface area contributed by atoms with E-state index >= 15 is 0 Å². The molecule has 5 nitrogen and oxygen atoms in total. The van der Waals surface area contributed by atoms with E-state index < -0.39 is 5.97 Å². The number of hydrogen-bond acceptors (Lipinski definition) is 4. The molecule has 5 heteroatoms. The zero-order chi connectivity index (χ0) is 17.1. The predicted octanol–water partition coefficient (Wildman–Crippen LogP) is 4.20. The van der Waals surface area contributed by atoms with Crippen LogP contribution in [0.2, 0.25) is 0 Å². The molecule has 1 aromatic heterocycles. The van der Waals surface area contributed by atoms with Crippen LogP contribution in [0.3, 0.4) is 0 Å². The average molecular weight is 319 g/mol. The van der Waals surface area contributed by atoms with Crippen LogP contribution in [-0.4, -0.2) is 21.0 Å². The molecule has 120 valence electrons. The topological polar surface area (TPSA) is 75.1 Å². The first kappa shape index (κ1) is 15.7. The summed E-state index contributed by atoms with van der Waals surface area (Å²) < 4.78 is 0. The van der Waals surface area contributed by atoms with E-state index in [9.17, 15) is 4.79 Å². The Morgan fingerprint density at radius 2 is 1.75 bits per heavy atom. The van der Waals surface area contributed by atoms with E-state index in [4.69, 9.17) is 5.11 Å². The molecule has 0 radical (unpaired) electrons. The number of aromatic carboxylic acids is 1. The van der Waals surface area contributed by atoms with E-state index in [-0.39, 0.29) is 5.56 Å². The van der Waals surface area contributed by atoms with Crippen LogP contribution in [0.4, 0.5) is 11.5 Å². The molecule has 3 rings (SSSR count).